The van der Waals surface area contributed by atoms with Crippen molar-refractivity contribution in [1.29, 1.82) is 0 Å². The fourth-order valence-electron chi connectivity index (χ4n) is 4.74. The van der Waals surface area contributed by atoms with Crippen LogP contribution in [0.2, 0.25) is 0 Å². The number of methoxy groups -OCH3 is 1. The van der Waals surface area contributed by atoms with E-state index in [1.165, 1.54) is 18.1 Å². The second-order valence-electron chi connectivity index (χ2n) is 8.38. The summed E-state index contributed by atoms with van der Waals surface area (Å²) >= 11 is 3.45. The summed E-state index contributed by atoms with van der Waals surface area (Å²) in [6, 6.07) is 13.7. The number of nitro benzene ring substituents is 1. The Morgan fingerprint density at radius 1 is 0.919 bits per heavy atom. The first-order valence-corrected chi connectivity index (χ1v) is 12.1. The maximum atomic E-state index is 13.6. The molecule has 188 valence electrons. The van der Waals surface area contributed by atoms with Gasteiger partial charge >= 0.3 is 0 Å². The standard InChI is InChI=1S/C26H20BrN3O7/c1-3-37-17-8-5-15(6-9-17)28-22(20-12-14(27)4-11-21(20)36-2)23(26(28)33)29-24(31)18-10-7-16(30(34)35)13-19(18)25(29)32/h4-13,22-23H,3H2,1-2H3/t22-,23-/m0/s1. The lowest BCUT2D eigenvalue weighted by atomic mass is 9.85. The van der Waals surface area contributed by atoms with Crippen molar-refractivity contribution in [3.05, 3.63) is 91.9 Å². The minimum atomic E-state index is -1.18. The molecule has 2 atom stereocenters. The summed E-state index contributed by atoms with van der Waals surface area (Å²) in [5.74, 6) is -0.811. The maximum absolute atomic E-state index is 13.6. The summed E-state index contributed by atoms with van der Waals surface area (Å²) < 4.78 is 11.8. The molecule has 0 unspecified atom stereocenters. The first-order valence-electron chi connectivity index (χ1n) is 11.3. The summed E-state index contributed by atoms with van der Waals surface area (Å²) in [6.07, 6.45) is 0. The van der Waals surface area contributed by atoms with E-state index in [1.807, 2.05) is 6.92 Å². The molecule has 0 N–H and O–H groups in total. The molecular formula is C26H20BrN3O7. The van der Waals surface area contributed by atoms with E-state index in [2.05, 4.69) is 15.9 Å². The lowest BCUT2D eigenvalue weighted by molar-refractivity contribution is -0.384. The molecule has 0 saturated carbocycles. The highest BCUT2D eigenvalue weighted by molar-refractivity contribution is 9.10. The summed E-state index contributed by atoms with van der Waals surface area (Å²) in [4.78, 5) is 53.3. The first-order chi connectivity index (χ1) is 17.8. The number of ether oxygens (including phenoxy) is 2. The van der Waals surface area contributed by atoms with E-state index in [-0.39, 0.29) is 16.8 Å². The molecule has 2 heterocycles. The van der Waals surface area contributed by atoms with Gasteiger partial charge in [0.2, 0.25) is 0 Å². The molecule has 0 aromatic heterocycles. The number of nitrogens with zero attached hydrogens (tertiary/aromatic N) is 3. The zero-order valence-electron chi connectivity index (χ0n) is 19.7. The fourth-order valence-corrected chi connectivity index (χ4v) is 5.12. The Morgan fingerprint density at radius 2 is 1.62 bits per heavy atom. The summed E-state index contributed by atoms with van der Waals surface area (Å²) in [6.45, 7) is 2.35. The number of carbonyl (C=O) groups excluding carboxylic acids is 3. The summed E-state index contributed by atoms with van der Waals surface area (Å²) in [5.41, 5.74) is 0.721. The van der Waals surface area contributed by atoms with Crippen LogP contribution in [0.4, 0.5) is 11.4 Å². The smallest absolute Gasteiger partial charge is 0.270 e. The van der Waals surface area contributed by atoms with Gasteiger partial charge in [-0.25, -0.2) is 0 Å². The normalized spacial score (nSPS) is 18.5. The molecule has 11 heteroatoms. The van der Waals surface area contributed by atoms with Crippen molar-refractivity contribution in [2.45, 2.75) is 19.0 Å². The number of hydrogen-bond donors (Lipinski definition) is 0. The van der Waals surface area contributed by atoms with Crippen molar-refractivity contribution in [1.82, 2.24) is 4.90 Å². The van der Waals surface area contributed by atoms with E-state index < -0.39 is 34.7 Å². The number of β-lactam (4-membered cyclic amide) rings is 1. The Kier molecular flexibility index (Phi) is 6.16. The van der Waals surface area contributed by atoms with Gasteiger partial charge in [-0.2, -0.15) is 0 Å². The van der Waals surface area contributed by atoms with Crippen molar-refractivity contribution in [3.8, 4) is 11.5 Å². The van der Waals surface area contributed by atoms with E-state index in [4.69, 9.17) is 9.47 Å². The monoisotopic (exact) mass is 565 g/mol. The lowest BCUT2D eigenvalue weighted by Crippen LogP contribution is -2.67. The van der Waals surface area contributed by atoms with Gasteiger partial charge in [-0.1, -0.05) is 15.9 Å². The average molecular weight is 566 g/mol. The Hall–Kier alpha value is -4.25. The topological polar surface area (TPSA) is 119 Å². The number of benzene rings is 3. The predicted octanol–water partition coefficient (Wildman–Crippen LogP) is 4.52. The van der Waals surface area contributed by atoms with Gasteiger partial charge in [0.25, 0.3) is 23.4 Å². The number of rotatable bonds is 7. The van der Waals surface area contributed by atoms with Crippen LogP contribution in [0.3, 0.4) is 0 Å². The number of hydrogen-bond acceptors (Lipinski definition) is 7. The number of imide groups is 1. The maximum Gasteiger partial charge on any atom is 0.270 e. The molecule has 2 aliphatic heterocycles. The van der Waals surface area contributed by atoms with E-state index in [0.29, 0.717) is 33.8 Å². The summed E-state index contributed by atoms with van der Waals surface area (Å²) in [7, 11) is 1.49. The van der Waals surface area contributed by atoms with Crippen molar-refractivity contribution >= 4 is 45.0 Å². The van der Waals surface area contributed by atoms with Gasteiger partial charge in [0.1, 0.15) is 17.5 Å². The quantitative estimate of drug-likeness (QED) is 0.179. The molecule has 1 saturated heterocycles. The van der Waals surface area contributed by atoms with Crippen LogP contribution in [0.1, 0.15) is 39.2 Å². The Bertz CT molecular complexity index is 1460. The molecule has 3 amide bonds. The molecular weight excluding hydrogens is 546 g/mol. The third-order valence-electron chi connectivity index (χ3n) is 6.39. The molecule has 0 bridgehead atoms. The molecule has 0 aliphatic carbocycles. The van der Waals surface area contributed by atoms with E-state index in [9.17, 15) is 24.5 Å². The van der Waals surface area contributed by atoms with E-state index >= 15 is 0 Å². The molecule has 0 radical (unpaired) electrons. The van der Waals surface area contributed by atoms with Crippen LogP contribution in [0.15, 0.2) is 65.1 Å². The minimum absolute atomic E-state index is 0.0166. The van der Waals surface area contributed by atoms with Crippen molar-refractivity contribution in [2.75, 3.05) is 18.6 Å². The first kappa shape index (κ1) is 24.4. The van der Waals surface area contributed by atoms with Gasteiger partial charge < -0.3 is 14.4 Å². The van der Waals surface area contributed by atoms with Crippen molar-refractivity contribution in [2.24, 2.45) is 0 Å². The molecule has 3 aromatic carbocycles. The molecule has 3 aromatic rings. The number of carbonyl (C=O) groups is 3. The van der Waals surface area contributed by atoms with Gasteiger partial charge in [-0.05, 0) is 55.5 Å². The molecule has 37 heavy (non-hydrogen) atoms. The van der Waals surface area contributed by atoms with Crippen LogP contribution >= 0.6 is 15.9 Å². The third-order valence-corrected chi connectivity index (χ3v) is 6.89. The number of non-ortho nitro benzene ring substituents is 1. The third kappa shape index (κ3) is 3.91. The second kappa shape index (κ2) is 9.32. The van der Waals surface area contributed by atoms with Crippen LogP contribution in [0.5, 0.6) is 11.5 Å². The summed E-state index contributed by atoms with van der Waals surface area (Å²) in [5, 5.41) is 11.2. The largest absolute Gasteiger partial charge is 0.496 e. The van der Waals surface area contributed by atoms with Crippen LogP contribution in [0.25, 0.3) is 0 Å². The minimum Gasteiger partial charge on any atom is -0.496 e. The van der Waals surface area contributed by atoms with Gasteiger partial charge in [0.15, 0.2) is 0 Å². The molecule has 2 aliphatic rings. The lowest BCUT2D eigenvalue weighted by Gasteiger charge is -2.50. The Balaban J connectivity index is 1.60. The second-order valence-corrected chi connectivity index (χ2v) is 9.29. The van der Waals surface area contributed by atoms with Crippen molar-refractivity contribution < 1.29 is 28.8 Å². The van der Waals surface area contributed by atoms with Gasteiger partial charge in [-0.15, -0.1) is 0 Å². The molecule has 5 rings (SSSR count). The van der Waals surface area contributed by atoms with Crippen LogP contribution in [-0.4, -0.2) is 47.3 Å². The molecule has 10 nitrogen and oxygen atoms in total. The molecule has 1 fully saturated rings. The Morgan fingerprint density at radius 3 is 2.27 bits per heavy atom. The zero-order valence-corrected chi connectivity index (χ0v) is 21.3. The van der Waals surface area contributed by atoms with E-state index in [0.717, 1.165) is 17.0 Å². The number of amides is 3. The predicted molar refractivity (Wildman–Crippen MR) is 136 cm³/mol. The SMILES string of the molecule is CCOc1ccc(N2C(=O)[C@@H](N3C(=O)c4ccc([N+](=O)[O-])cc4C3=O)[C@@H]2c2cc(Br)ccc2OC)cc1. The average Bonchev–Trinajstić information content (AvgIpc) is 3.13. The highest BCUT2D eigenvalue weighted by Crippen LogP contribution is 2.47. The number of nitro groups is 1. The van der Waals surface area contributed by atoms with Crippen LogP contribution in [0, 0.1) is 10.1 Å². The Labute approximate surface area is 219 Å². The van der Waals surface area contributed by atoms with Gasteiger partial charge in [0.05, 0.1) is 35.8 Å². The number of fused-ring (bicyclic) bond motifs is 1. The van der Waals surface area contributed by atoms with Gasteiger partial charge in [-0.3, -0.25) is 29.4 Å². The number of anilines is 1. The van der Waals surface area contributed by atoms with Crippen LogP contribution in [-0.2, 0) is 4.79 Å². The highest BCUT2D eigenvalue weighted by atomic mass is 79.9. The fraction of sp³-hybridized carbons (Fsp3) is 0.192. The number of halogens is 1. The van der Waals surface area contributed by atoms with E-state index in [1.54, 1.807) is 42.5 Å². The molecule has 0 spiro atoms. The van der Waals surface area contributed by atoms with Crippen LogP contribution < -0.4 is 14.4 Å². The highest BCUT2D eigenvalue weighted by Gasteiger charge is 2.58. The van der Waals surface area contributed by atoms with Crippen molar-refractivity contribution in [3.63, 3.8) is 0 Å². The zero-order chi connectivity index (χ0) is 26.4. The van der Waals surface area contributed by atoms with Gasteiger partial charge in [0, 0.05) is 27.9 Å².